The van der Waals surface area contributed by atoms with Crippen molar-refractivity contribution >= 4 is 29.2 Å². The van der Waals surface area contributed by atoms with Crippen molar-refractivity contribution < 1.29 is 9.90 Å². The number of carbonyl (C=O) groups is 1. The van der Waals surface area contributed by atoms with Gasteiger partial charge in [-0.05, 0) is 51.3 Å². The van der Waals surface area contributed by atoms with Crippen LogP contribution < -0.4 is 10.6 Å². The summed E-state index contributed by atoms with van der Waals surface area (Å²) in [6, 6.07) is 5.05. The zero-order valence-electron chi connectivity index (χ0n) is 12.5. The van der Waals surface area contributed by atoms with Crippen LogP contribution in [0.5, 0.6) is 0 Å². The number of nitrogens with one attached hydrogen (secondary N) is 2. The molecule has 2 amide bonds. The predicted octanol–water partition coefficient (Wildman–Crippen LogP) is 3.69. The van der Waals surface area contributed by atoms with Gasteiger partial charge in [0.05, 0.1) is 15.6 Å². The van der Waals surface area contributed by atoms with Crippen LogP contribution >= 0.6 is 23.2 Å². The number of carbonyl (C=O) groups excluding carboxylic acids is 1. The molecule has 4 nitrogen and oxygen atoms in total. The summed E-state index contributed by atoms with van der Waals surface area (Å²) in [6.07, 6.45) is 1.40. The minimum Gasteiger partial charge on any atom is -0.396 e. The van der Waals surface area contributed by atoms with E-state index in [-0.39, 0.29) is 18.7 Å². The Kier molecular flexibility index (Phi) is 6.78. The van der Waals surface area contributed by atoms with Crippen molar-refractivity contribution in [1.82, 2.24) is 10.6 Å². The molecule has 0 saturated heterocycles. The largest absolute Gasteiger partial charge is 0.396 e. The summed E-state index contributed by atoms with van der Waals surface area (Å²) in [7, 11) is 0. The smallest absolute Gasteiger partial charge is 0.315 e. The summed E-state index contributed by atoms with van der Waals surface area (Å²) >= 11 is 11.9. The van der Waals surface area contributed by atoms with Crippen molar-refractivity contribution in [3.63, 3.8) is 0 Å². The van der Waals surface area contributed by atoms with Crippen molar-refractivity contribution in [2.75, 3.05) is 6.61 Å². The summed E-state index contributed by atoms with van der Waals surface area (Å²) in [5.41, 5.74) is 0.296. The van der Waals surface area contributed by atoms with E-state index in [1.165, 1.54) is 0 Å². The number of aliphatic hydroxyl groups excluding tert-OH is 1. The molecule has 0 aromatic heterocycles. The van der Waals surface area contributed by atoms with E-state index in [0.717, 1.165) is 12.0 Å². The molecule has 0 spiro atoms. The predicted molar refractivity (Wildman–Crippen MR) is 86.9 cm³/mol. The summed E-state index contributed by atoms with van der Waals surface area (Å²) in [5, 5.41) is 15.5. The highest BCUT2D eigenvalue weighted by molar-refractivity contribution is 6.42. The number of hydrogen-bond acceptors (Lipinski definition) is 2. The highest BCUT2D eigenvalue weighted by Crippen LogP contribution is 2.28. The topological polar surface area (TPSA) is 61.4 Å². The third-order valence-corrected chi connectivity index (χ3v) is 3.98. The molecule has 0 aliphatic rings. The molecule has 0 bridgehead atoms. The van der Waals surface area contributed by atoms with E-state index in [1.807, 2.05) is 26.8 Å². The van der Waals surface area contributed by atoms with Crippen LogP contribution in [0.25, 0.3) is 0 Å². The summed E-state index contributed by atoms with van der Waals surface area (Å²) in [4.78, 5) is 12.0. The van der Waals surface area contributed by atoms with Crippen LogP contribution in [-0.2, 0) is 5.54 Å². The number of rotatable bonds is 6. The van der Waals surface area contributed by atoms with Gasteiger partial charge < -0.3 is 15.7 Å². The van der Waals surface area contributed by atoms with E-state index in [4.69, 9.17) is 28.3 Å². The number of halogens is 2. The maximum absolute atomic E-state index is 12.0. The van der Waals surface area contributed by atoms with Crippen LogP contribution in [0.1, 0.15) is 39.2 Å². The number of amides is 2. The Hall–Kier alpha value is -0.970. The SMILES string of the molecule is CC(CCCO)NC(=O)NC(C)(C)c1ccc(Cl)c(Cl)c1. The lowest BCUT2D eigenvalue weighted by molar-refractivity contribution is 0.224. The number of benzene rings is 1. The number of aliphatic hydroxyl groups is 1. The average molecular weight is 333 g/mol. The number of urea groups is 1. The molecule has 1 atom stereocenters. The third kappa shape index (κ3) is 5.73. The van der Waals surface area contributed by atoms with E-state index >= 15 is 0 Å². The molecular weight excluding hydrogens is 311 g/mol. The molecule has 1 rings (SSSR count). The zero-order valence-corrected chi connectivity index (χ0v) is 14.1. The first-order valence-corrected chi connectivity index (χ1v) is 7.67. The molecule has 0 aliphatic carbocycles. The molecular formula is C15H22Cl2N2O2. The van der Waals surface area contributed by atoms with Gasteiger partial charge in [0.2, 0.25) is 0 Å². The van der Waals surface area contributed by atoms with Crippen molar-refractivity contribution in [2.24, 2.45) is 0 Å². The van der Waals surface area contributed by atoms with Crippen LogP contribution in [0.3, 0.4) is 0 Å². The Morgan fingerprint density at radius 3 is 2.57 bits per heavy atom. The summed E-state index contributed by atoms with van der Waals surface area (Å²) < 4.78 is 0. The highest BCUT2D eigenvalue weighted by Gasteiger charge is 2.24. The van der Waals surface area contributed by atoms with Gasteiger partial charge in [0.1, 0.15) is 0 Å². The van der Waals surface area contributed by atoms with Crippen molar-refractivity contribution in [3.05, 3.63) is 33.8 Å². The second-order valence-electron chi connectivity index (χ2n) is 5.62. The normalized spacial score (nSPS) is 12.9. The summed E-state index contributed by atoms with van der Waals surface area (Å²) in [6.45, 7) is 5.82. The quantitative estimate of drug-likeness (QED) is 0.743. The maximum atomic E-state index is 12.0. The van der Waals surface area contributed by atoms with E-state index < -0.39 is 5.54 Å². The van der Waals surface area contributed by atoms with Gasteiger partial charge in [-0.2, -0.15) is 0 Å². The molecule has 0 aliphatic heterocycles. The van der Waals surface area contributed by atoms with E-state index in [2.05, 4.69) is 10.6 Å². The molecule has 0 fully saturated rings. The second-order valence-corrected chi connectivity index (χ2v) is 6.43. The zero-order chi connectivity index (χ0) is 16.0. The fourth-order valence-corrected chi connectivity index (χ4v) is 2.27. The van der Waals surface area contributed by atoms with Crippen LogP contribution in [0.4, 0.5) is 4.79 Å². The minimum atomic E-state index is -0.574. The van der Waals surface area contributed by atoms with E-state index in [1.54, 1.807) is 12.1 Å². The van der Waals surface area contributed by atoms with Gasteiger partial charge in [0.15, 0.2) is 0 Å². The minimum absolute atomic E-state index is 0.00163. The van der Waals surface area contributed by atoms with Crippen molar-refractivity contribution in [3.8, 4) is 0 Å². The Morgan fingerprint density at radius 1 is 1.33 bits per heavy atom. The fourth-order valence-electron chi connectivity index (χ4n) is 1.97. The van der Waals surface area contributed by atoms with Crippen LogP contribution in [0.2, 0.25) is 10.0 Å². The van der Waals surface area contributed by atoms with Crippen LogP contribution in [0, 0.1) is 0 Å². The third-order valence-electron chi connectivity index (χ3n) is 3.24. The van der Waals surface area contributed by atoms with Gasteiger partial charge in [0.25, 0.3) is 0 Å². The Balaban J connectivity index is 2.66. The molecule has 118 valence electrons. The highest BCUT2D eigenvalue weighted by atomic mass is 35.5. The van der Waals surface area contributed by atoms with Crippen molar-refractivity contribution in [1.29, 1.82) is 0 Å². The first-order valence-electron chi connectivity index (χ1n) is 6.91. The lowest BCUT2D eigenvalue weighted by Gasteiger charge is -2.28. The van der Waals surface area contributed by atoms with Gasteiger partial charge in [-0.25, -0.2) is 4.79 Å². The monoisotopic (exact) mass is 332 g/mol. The molecule has 0 saturated carbocycles. The molecule has 0 radical (unpaired) electrons. The molecule has 1 aromatic rings. The fraction of sp³-hybridized carbons (Fsp3) is 0.533. The molecule has 0 heterocycles. The van der Waals surface area contributed by atoms with E-state index in [0.29, 0.717) is 16.5 Å². The Bertz CT molecular complexity index is 493. The Morgan fingerprint density at radius 2 is 2.00 bits per heavy atom. The molecule has 1 unspecified atom stereocenters. The molecule has 21 heavy (non-hydrogen) atoms. The first kappa shape index (κ1) is 18.1. The van der Waals surface area contributed by atoms with E-state index in [9.17, 15) is 4.79 Å². The lowest BCUT2D eigenvalue weighted by Crippen LogP contribution is -2.48. The lowest BCUT2D eigenvalue weighted by atomic mass is 9.94. The van der Waals surface area contributed by atoms with Crippen LogP contribution in [-0.4, -0.2) is 23.8 Å². The molecule has 1 aromatic carbocycles. The van der Waals surface area contributed by atoms with Gasteiger partial charge >= 0.3 is 6.03 Å². The van der Waals surface area contributed by atoms with Crippen molar-refractivity contribution in [2.45, 2.75) is 45.2 Å². The first-order chi connectivity index (χ1) is 9.76. The summed E-state index contributed by atoms with van der Waals surface area (Å²) in [5.74, 6) is 0. The van der Waals surface area contributed by atoms with Gasteiger partial charge in [-0.15, -0.1) is 0 Å². The second kappa shape index (κ2) is 7.87. The maximum Gasteiger partial charge on any atom is 0.315 e. The number of hydrogen-bond donors (Lipinski definition) is 3. The van der Waals surface area contributed by atoms with Crippen LogP contribution in [0.15, 0.2) is 18.2 Å². The average Bonchev–Trinajstić information content (AvgIpc) is 2.38. The Labute approximate surface area is 135 Å². The van der Waals surface area contributed by atoms with Gasteiger partial charge in [-0.1, -0.05) is 29.3 Å². The van der Waals surface area contributed by atoms with Gasteiger partial charge in [0, 0.05) is 12.6 Å². The standard InChI is InChI=1S/C15H22Cl2N2O2/c1-10(5-4-8-20)18-14(21)19-15(2,3)11-6-7-12(16)13(17)9-11/h6-7,9-10,20H,4-5,8H2,1-3H3,(H2,18,19,21). The molecule has 6 heteroatoms. The molecule has 3 N–H and O–H groups in total. The van der Waals surface area contributed by atoms with Gasteiger partial charge in [-0.3, -0.25) is 0 Å².